The Morgan fingerprint density at radius 1 is 1.00 bits per heavy atom. The second-order valence-electron chi connectivity index (χ2n) is 5.85. The van der Waals surface area contributed by atoms with Crippen LogP contribution < -0.4 is 5.32 Å². The minimum absolute atomic E-state index is 0.00887. The molecule has 1 N–H and O–H groups in total. The summed E-state index contributed by atoms with van der Waals surface area (Å²) in [5, 5.41) is 3.72. The third-order valence-electron chi connectivity index (χ3n) is 3.86. The predicted octanol–water partition coefficient (Wildman–Crippen LogP) is 5.14. The molecule has 0 heterocycles. The fourth-order valence-electron chi connectivity index (χ4n) is 2.85. The van der Waals surface area contributed by atoms with Gasteiger partial charge in [0.2, 0.25) is 5.91 Å². The number of benzene rings is 2. The zero-order chi connectivity index (χ0) is 17.4. The Morgan fingerprint density at radius 3 is 2.12 bits per heavy atom. The number of hydrogen-bond donors (Lipinski definition) is 1. The van der Waals surface area contributed by atoms with Gasteiger partial charge in [-0.3, -0.25) is 9.69 Å². The van der Waals surface area contributed by atoms with Crippen molar-refractivity contribution in [3.63, 3.8) is 0 Å². The first kappa shape index (κ1) is 18.5. The minimum Gasteiger partial charge on any atom is -0.324 e. The number of rotatable bonds is 8. The molecule has 0 fully saturated rings. The van der Waals surface area contributed by atoms with Gasteiger partial charge in [0.05, 0.1) is 0 Å². The van der Waals surface area contributed by atoms with Gasteiger partial charge < -0.3 is 5.32 Å². The maximum Gasteiger partial charge on any atom is 0.246 e. The highest BCUT2D eigenvalue weighted by atomic mass is 35.5. The van der Waals surface area contributed by atoms with Crippen molar-refractivity contribution in [1.29, 1.82) is 0 Å². The molecule has 1 atom stereocenters. The molecule has 0 saturated heterocycles. The van der Waals surface area contributed by atoms with Crippen molar-refractivity contribution in [1.82, 2.24) is 4.90 Å². The summed E-state index contributed by atoms with van der Waals surface area (Å²) >= 11 is 6.01. The van der Waals surface area contributed by atoms with Gasteiger partial charge in [-0.25, -0.2) is 0 Å². The Labute approximate surface area is 149 Å². The molecule has 2 aromatic rings. The summed E-state index contributed by atoms with van der Waals surface area (Å²) in [5.41, 5.74) is 1.78. The zero-order valence-corrected chi connectivity index (χ0v) is 15.1. The van der Waals surface area contributed by atoms with Crippen LogP contribution in [0.3, 0.4) is 0 Å². The normalized spacial score (nSPS) is 12.2. The van der Waals surface area contributed by atoms with E-state index in [-0.39, 0.29) is 11.9 Å². The molecule has 0 aromatic heterocycles. The highest BCUT2D eigenvalue weighted by Gasteiger charge is 2.26. The van der Waals surface area contributed by atoms with Crippen molar-refractivity contribution < 1.29 is 4.79 Å². The van der Waals surface area contributed by atoms with Gasteiger partial charge in [0, 0.05) is 10.7 Å². The van der Waals surface area contributed by atoms with Gasteiger partial charge in [0.1, 0.15) is 6.04 Å². The highest BCUT2D eigenvalue weighted by Crippen LogP contribution is 2.25. The third kappa shape index (κ3) is 5.08. The van der Waals surface area contributed by atoms with E-state index < -0.39 is 0 Å². The molecular formula is C20H25ClN2O. The van der Waals surface area contributed by atoms with Crippen LogP contribution in [0.25, 0.3) is 0 Å². The summed E-state index contributed by atoms with van der Waals surface area (Å²) < 4.78 is 0. The van der Waals surface area contributed by atoms with E-state index >= 15 is 0 Å². The molecule has 24 heavy (non-hydrogen) atoms. The number of halogens is 1. The van der Waals surface area contributed by atoms with Crippen molar-refractivity contribution in [2.24, 2.45) is 0 Å². The number of amides is 1. The molecule has 0 unspecified atom stereocenters. The monoisotopic (exact) mass is 344 g/mol. The highest BCUT2D eigenvalue weighted by molar-refractivity contribution is 6.30. The maximum atomic E-state index is 13.0. The van der Waals surface area contributed by atoms with Crippen LogP contribution in [0.5, 0.6) is 0 Å². The van der Waals surface area contributed by atoms with Gasteiger partial charge in [0.25, 0.3) is 0 Å². The summed E-state index contributed by atoms with van der Waals surface area (Å²) in [6.45, 7) is 6.03. The molecule has 3 nitrogen and oxygen atoms in total. The second-order valence-corrected chi connectivity index (χ2v) is 6.28. The number of nitrogens with zero attached hydrogens (tertiary/aromatic N) is 1. The summed E-state index contributed by atoms with van der Waals surface area (Å²) in [6, 6.07) is 16.8. The van der Waals surface area contributed by atoms with Crippen molar-refractivity contribution in [3.05, 3.63) is 65.2 Å². The minimum atomic E-state index is -0.317. The van der Waals surface area contributed by atoms with Crippen molar-refractivity contribution in [2.45, 2.75) is 32.7 Å². The first-order valence-electron chi connectivity index (χ1n) is 8.51. The Morgan fingerprint density at radius 2 is 1.58 bits per heavy atom. The molecule has 0 aliphatic carbocycles. The fourth-order valence-corrected chi connectivity index (χ4v) is 2.98. The number of para-hydroxylation sites is 1. The van der Waals surface area contributed by atoms with Gasteiger partial charge in [0.15, 0.2) is 0 Å². The van der Waals surface area contributed by atoms with Gasteiger partial charge in [-0.05, 0) is 55.8 Å². The average molecular weight is 345 g/mol. The van der Waals surface area contributed by atoms with Crippen LogP contribution in [-0.2, 0) is 4.79 Å². The predicted molar refractivity (Wildman–Crippen MR) is 101 cm³/mol. The maximum absolute atomic E-state index is 13.0. The Bertz CT molecular complexity index is 622. The smallest absolute Gasteiger partial charge is 0.246 e. The molecule has 2 rings (SSSR count). The number of hydrogen-bond acceptors (Lipinski definition) is 2. The van der Waals surface area contributed by atoms with E-state index in [0.29, 0.717) is 5.02 Å². The van der Waals surface area contributed by atoms with Crippen LogP contribution in [0.4, 0.5) is 5.69 Å². The van der Waals surface area contributed by atoms with E-state index in [1.807, 2.05) is 54.6 Å². The topological polar surface area (TPSA) is 32.3 Å². The molecular weight excluding hydrogens is 320 g/mol. The molecule has 0 aliphatic heterocycles. The Hall–Kier alpha value is -1.84. The first-order valence-corrected chi connectivity index (χ1v) is 8.89. The van der Waals surface area contributed by atoms with Crippen molar-refractivity contribution in [2.75, 3.05) is 18.4 Å². The van der Waals surface area contributed by atoms with E-state index in [9.17, 15) is 4.79 Å². The molecule has 0 radical (unpaired) electrons. The van der Waals surface area contributed by atoms with Gasteiger partial charge >= 0.3 is 0 Å². The number of carbonyl (C=O) groups excluding carboxylic acids is 1. The van der Waals surface area contributed by atoms with Gasteiger partial charge in [-0.15, -0.1) is 0 Å². The van der Waals surface area contributed by atoms with Crippen molar-refractivity contribution >= 4 is 23.2 Å². The quantitative estimate of drug-likeness (QED) is 0.719. The van der Waals surface area contributed by atoms with Gasteiger partial charge in [-0.2, -0.15) is 0 Å². The molecule has 4 heteroatoms. The van der Waals surface area contributed by atoms with E-state index in [0.717, 1.165) is 37.2 Å². The lowest BCUT2D eigenvalue weighted by Crippen LogP contribution is -2.38. The van der Waals surface area contributed by atoms with E-state index in [2.05, 4.69) is 24.1 Å². The lowest BCUT2D eigenvalue weighted by molar-refractivity contribution is -0.121. The molecule has 0 spiro atoms. The summed E-state index contributed by atoms with van der Waals surface area (Å²) in [5.74, 6) is -0.00887. The molecule has 0 bridgehead atoms. The van der Waals surface area contributed by atoms with Crippen LogP contribution in [0.15, 0.2) is 54.6 Å². The standard InChI is InChI=1S/C20H25ClN2O/c1-3-14-23(15-4-2)19(16-10-12-17(21)13-11-16)20(24)22-18-8-6-5-7-9-18/h5-13,19H,3-4,14-15H2,1-2H3,(H,22,24)/t19-/m1/s1. The van der Waals surface area contributed by atoms with Crippen LogP contribution >= 0.6 is 11.6 Å². The van der Waals surface area contributed by atoms with E-state index in [1.54, 1.807) is 0 Å². The molecule has 0 aliphatic rings. The largest absolute Gasteiger partial charge is 0.324 e. The van der Waals surface area contributed by atoms with E-state index in [1.165, 1.54) is 0 Å². The summed E-state index contributed by atoms with van der Waals surface area (Å²) in [6.07, 6.45) is 2.01. The summed E-state index contributed by atoms with van der Waals surface area (Å²) in [4.78, 5) is 15.2. The average Bonchev–Trinajstić information content (AvgIpc) is 2.58. The van der Waals surface area contributed by atoms with Crippen LogP contribution in [0, 0.1) is 0 Å². The number of nitrogens with one attached hydrogen (secondary N) is 1. The second kappa shape index (κ2) is 9.45. The van der Waals surface area contributed by atoms with Crippen LogP contribution in [0.1, 0.15) is 38.3 Å². The van der Waals surface area contributed by atoms with Crippen LogP contribution in [0.2, 0.25) is 5.02 Å². The number of carbonyl (C=O) groups is 1. The lowest BCUT2D eigenvalue weighted by Gasteiger charge is -2.30. The lowest BCUT2D eigenvalue weighted by atomic mass is 10.0. The van der Waals surface area contributed by atoms with Crippen LogP contribution in [-0.4, -0.2) is 23.9 Å². The van der Waals surface area contributed by atoms with Crippen molar-refractivity contribution in [3.8, 4) is 0 Å². The number of anilines is 1. The molecule has 0 saturated carbocycles. The molecule has 128 valence electrons. The third-order valence-corrected chi connectivity index (χ3v) is 4.11. The molecule has 1 amide bonds. The fraction of sp³-hybridized carbons (Fsp3) is 0.350. The van der Waals surface area contributed by atoms with E-state index in [4.69, 9.17) is 11.6 Å². The summed E-state index contributed by atoms with van der Waals surface area (Å²) in [7, 11) is 0. The SMILES string of the molecule is CCCN(CCC)[C@@H](C(=O)Nc1ccccc1)c1ccc(Cl)cc1. The first-order chi connectivity index (χ1) is 11.7. The molecule has 2 aromatic carbocycles. The Balaban J connectivity index is 2.29. The Kier molecular flexibility index (Phi) is 7.29. The van der Waals surface area contributed by atoms with Gasteiger partial charge in [-0.1, -0.05) is 55.8 Å². The zero-order valence-electron chi connectivity index (χ0n) is 14.3.